The first-order chi connectivity index (χ1) is 23.2. The van der Waals surface area contributed by atoms with E-state index in [0.29, 0.717) is 23.4 Å². The number of para-hydroxylation sites is 2. The van der Waals surface area contributed by atoms with E-state index in [9.17, 15) is 24.3 Å². The zero-order valence-corrected chi connectivity index (χ0v) is 26.8. The Hall–Kier alpha value is -5.21. The molecule has 2 saturated heterocycles. The molecule has 2 N–H and O–H groups in total. The zero-order valence-electron chi connectivity index (χ0n) is 26.0. The fourth-order valence-corrected chi connectivity index (χ4v) is 8.85. The number of carbonyl (C=O) groups is 4. The van der Waals surface area contributed by atoms with Crippen molar-refractivity contribution in [3.63, 3.8) is 0 Å². The van der Waals surface area contributed by atoms with E-state index in [-0.39, 0.29) is 40.8 Å². The van der Waals surface area contributed by atoms with Crippen molar-refractivity contribution in [2.24, 2.45) is 29.1 Å². The summed E-state index contributed by atoms with van der Waals surface area (Å²) >= 11 is 6.78. The van der Waals surface area contributed by atoms with Gasteiger partial charge in [-0.1, -0.05) is 65.7 Å². The van der Waals surface area contributed by atoms with Crippen molar-refractivity contribution in [1.29, 1.82) is 0 Å². The van der Waals surface area contributed by atoms with Gasteiger partial charge in [0, 0.05) is 22.3 Å². The third kappa shape index (κ3) is 4.43. The number of benzene rings is 4. The highest BCUT2D eigenvalue weighted by atomic mass is 35.5. The summed E-state index contributed by atoms with van der Waals surface area (Å²) in [6.07, 6.45) is 2.56. The lowest BCUT2D eigenvalue weighted by molar-refractivity contribution is -0.131. The predicted octanol–water partition coefficient (Wildman–Crippen LogP) is 7.22. The van der Waals surface area contributed by atoms with Gasteiger partial charge in [0.25, 0.3) is 0 Å². The van der Waals surface area contributed by atoms with Gasteiger partial charge in [-0.25, -0.2) is 4.90 Å². The summed E-state index contributed by atoms with van der Waals surface area (Å²) in [7, 11) is 0. The Morgan fingerprint density at radius 3 is 2.08 bits per heavy atom. The lowest BCUT2D eigenvalue weighted by Crippen LogP contribution is -2.49. The lowest BCUT2D eigenvalue weighted by Gasteiger charge is -2.49. The molecule has 3 fully saturated rings. The van der Waals surface area contributed by atoms with Gasteiger partial charge < -0.3 is 10.4 Å². The maximum absolute atomic E-state index is 14.5. The number of carbonyl (C=O) groups excluding carboxylic acids is 4. The molecule has 1 saturated carbocycles. The minimum Gasteiger partial charge on any atom is -0.508 e. The number of fused-ring (bicyclic) bond motifs is 4. The number of halogens is 1. The first-order valence-electron chi connectivity index (χ1n) is 16.1. The van der Waals surface area contributed by atoms with E-state index in [0.717, 1.165) is 16.9 Å². The summed E-state index contributed by atoms with van der Waals surface area (Å²) in [5, 5.41) is 13.8. The molecule has 4 aromatic rings. The van der Waals surface area contributed by atoms with Crippen LogP contribution in [0.4, 0.5) is 22.7 Å². The standard InChI is InChI=1S/C39H32ClN3O5/c1-39-31(36(46)43(38(39)48)24-10-6-3-7-11-24)21-30-27(34(39)28-17-16-26(44)20-32(28)40)18-19-29-33(30)37(47)42(35(29)45)25-14-12-23(13-15-25)41-22-8-4-2-5-9-22/h2-18,20,29-31,33-34,41,44H,19,21H2,1H3/t29-,30+,31-,33-,34+,39+/m0/s1. The second kappa shape index (κ2) is 11.2. The number of aromatic hydroxyl groups is 1. The van der Waals surface area contributed by atoms with Gasteiger partial charge in [-0.15, -0.1) is 0 Å². The number of imide groups is 2. The average molecular weight is 658 g/mol. The fourth-order valence-electron chi connectivity index (χ4n) is 8.57. The number of hydrogen-bond donors (Lipinski definition) is 2. The van der Waals surface area contributed by atoms with Crippen molar-refractivity contribution in [2.75, 3.05) is 15.1 Å². The number of phenolic OH excluding ortho intramolecular Hbond substituents is 1. The normalized spacial score (nSPS) is 27.8. The van der Waals surface area contributed by atoms with Gasteiger partial charge >= 0.3 is 0 Å². The van der Waals surface area contributed by atoms with E-state index >= 15 is 0 Å². The van der Waals surface area contributed by atoms with Crippen LogP contribution in [0.2, 0.25) is 5.02 Å². The van der Waals surface area contributed by atoms with Gasteiger partial charge in [0.05, 0.1) is 34.5 Å². The highest BCUT2D eigenvalue weighted by Gasteiger charge is 2.67. The van der Waals surface area contributed by atoms with Crippen molar-refractivity contribution in [3.05, 3.63) is 125 Å². The van der Waals surface area contributed by atoms with Crippen molar-refractivity contribution < 1.29 is 24.3 Å². The lowest BCUT2D eigenvalue weighted by atomic mass is 9.51. The summed E-state index contributed by atoms with van der Waals surface area (Å²) in [6.45, 7) is 1.82. The molecule has 2 heterocycles. The molecule has 6 atom stereocenters. The number of phenols is 1. The van der Waals surface area contributed by atoms with Crippen LogP contribution >= 0.6 is 11.6 Å². The van der Waals surface area contributed by atoms with Gasteiger partial charge in [0.15, 0.2) is 0 Å². The molecule has 0 aromatic heterocycles. The van der Waals surface area contributed by atoms with E-state index in [1.807, 2.05) is 61.5 Å². The Kier molecular flexibility index (Phi) is 7.03. The van der Waals surface area contributed by atoms with Crippen LogP contribution in [0.15, 0.2) is 115 Å². The smallest absolute Gasteiger partial charge is 0.241 e. The topological polar surface area (TPSA) is 107 Å². The van der Waals surface area contributed by atoms with Crippen molar-refractivity contribution in [1.82, 2.24) is 0 Å². The Labute approximate surface area is 282 Å². The molecule has 0 spiro atoms. The second-order valence-electron chi connectivity index (χ2n) is 13.3. The third-order valence-electron chi connectivity index (χ3n) is 10.8. The molecule has 9 heteroatoms. The molecule has 0 bridgehead atoms. The number of nitrogens with zero attached hydrogens (tertiary/aromatic N) is 2. The van der Waals surface area contributed by atoms with Gasteiger partial charge in [0.1, 0.15) is 5.75 Å². The molecule has 0 radical (unpaired) electrons. The van der Waals surface area contributed by atoms with Crippen LogP contribution in [0.25, 0.3) is 0 Å². The predicted molar refractivity (Wildman–Crippen MR) is 183 cm³/mol. The summed E-state index contributed by atoms with van der Waals surface area (Å²) in [5.74, 6) is -4.43. The molecule has 48 heavy (non-hydrogen) atoms. The fraction of sp³-hybridized carbons (Fsp3) is 0.231. The number of anilines is 4. The van der Waals surface area contributed by atoms with Crippen molar-refractivity contribution in [2.45, 2.75) is 25.7 Å². The maximum atomic E-state index is 14.5. The SMILES string of the molecule is C[C@@]12C(=O)N(c3ccccc3)C(=O)[C@@H]1C[C@@H]1C(=CC[C@@H]3C(=O)N(c4ccc(Nc5ccccc5)cc4)C(=O)[C@@H]31)[C@@H]2c1ccc(O)cc1Cl. The van der Waals surface area contributed by atoms with Crippen LogP contribution in [-0.4, -0.2) is 28.7 Å². The Bertz CT molecular complexity index is 2010. The number of amides is 4. The van der Waals surface area contributed by atoms with Gasteiger partial charge in [0.2, 0.25) is 23.6 Å². The maximum Gasteiger partial charge on any atom is 0.241 e. The monoisotopic (exact) mass is 657 g/mol. The summed E-state index contributed by atoms with van der Waals surface area (Å²) in [4.78, 5) is 59.7. The van der Waals surface area contributed by atoms with Crippen LogP contribution in [0.5, 0.6) is 5.75 Å². The second-order valence-corrected chi connectivity index (χ2v) is 13.7. The first kappa shape index (κ1) is 30.1. The van der Waals surface area contributed by atoms with Gasteiger partial charge in [-0.3, -0.25) is 24.1 Å². The van der Waals surface area contributed by atoms with Crippen LogP contribution in [0, 0.1) is 29.1 Å². The highest BCUT2D eigenvalue weighted by Crippen LogP contribution is 2.64. The minimum absolute atomic E-state index is 0.0209. The molecule has 4 aliphatic rings. The molecule has 0 unspecified atom stereocenters. The summed E-state index contributed by atoms with van der Waals surface area (Å²) in [5.41, 5.74) is 2.93. The van der Waals surface area contributed by atoms with Gasteiger partial charge in [-0.05, 0) is 91.9 Å². The molecular weight excluding hydrogens is 626 g/mol. The Morgan fingerprint density at radius 1 is 0.750 bits per heavy atom. The molecule has 4 amide bonds. The zero-order chi connectivity index (χ0) is 33.3. The van der Waals surface area contributed by atoms with E-state index in [1.54, 1.807) is 42.5 Å². The van der Waals surface area contributed by atoms with Crippen LogP contribution in [-0.2, 0) is 19.2 Å². The number of allylic oxidation sites excluding steroid dienone is 2. The molecule has 2 aliphatic heterocycles. The molecule has 8 rings (SSSR count). The molecular formula is C39H32ClN3O5. The number of hydrogen-bond acceptors (Lipinski definition) is 6. The van der Waals surface area contributed by atoms with Crippen LogP contribution in [0.1, 0.15) is 31.2 Å². The van der Waals surface area contributed by atoms with E-state index < -0.39 is 35.0 Å². The van der Waals surface area contributed by atoms with Crippen molar-refractivity contribution >= 4 is 58.0 Å². The van der Waals surface area contributed by atoms with Gasteiger partial charge in [-0.2, -0.15) is 0 Å². The van der Waals surface area contributed by atoms with E-state index in [1.165, 1.54) is 21.9 Å². The minimum atomic E-state index is -1.21. The van der Waals surface area contributed by atoms with Crippen LogP contribution < -0.4 is 15.1 Å². The molecule has 2 aliphatic carbocycles. The molecule has 240 valence electrons. The van der Waals surface area contributed by atoms with Crippen molar-refractivity contribution in [3.8, 4) is 5.75 Å². The number of rotatable bonds is 5. The van der Waals surface area contributed by atoms with E-state index in [4.69, 9.17) is 11.6 Å². The Balaban J connectivity index is 1.18. The van der Waals surface area contributed by atoms with Crippen LogP contribution in [0.3, 0.4) is 0 Å². The number of nitrogens with one attached hydrogen (secondary N) is 1. The summed E-state index contributed by atoms with van der Waals surface area (Å²) < 4.78 is 0. The third-order valence-corrected chi connectivity index (χ3v) is 11.1. The highest BCUT2D eigenvalue weighted by molar-refractivity contribution is 6.32. The first-order valence-corrected chi connectivity index (χ1v) is 16.5. The average Bonchev–Trinajstić information content (AvgIpc) is 3.46. The molecule has 8 nitrogen and oxygen atoms in total. The molecule has 4 aromatic carbocycles. The quantitative estimate of drug-likeness (QED) is 0.173. The Morgan fingerprint density at radius 2 is 1.40 bits per heavy atom. The summed E-state index contributed by atoms with van der Waals surface area (Å²) in [6, 6.07) is 30.4. The van der Waals surface area contributed by atoms with E-state index in [2.05, 4.69) is 5.32 Å². The largest absolute Gasteiger partial charge is 0.508 e.